The molecule has 0 bridgehead atoms. The maximum atomic E-state index is 12.9. The van der Waals surface area contributed by atoms with Crippen molar-refractivity contribution in [2.75, 3.05) is 6.54 Å². The van der Waals surface area contributed by atoms with Gasteiger partial charge in [-0.25, -0.2) is 0 Å². The number of esters is 1. The molecular weight excluding hydrogens is 390 g/mol. The van der Waals surface area contributed by atoms with Crippen molar-refractivity contribution >= 4 is 33.6 Å². The van der Waals surface area contributed by atoms with Gasteiger partial charge in [-0.1, -0.05) is 54.6 Å². The number of ether oxygens (including phenoxy) is 1. The van der Waals surface area contributed by atoms with E-state index in [2.05, 4.69) is 6.07 Å². The van der Waals surface area contributed by atoms with Crippen molar-refractivity contribution in [1.82, 2.24) is 4.90 Å². The highest BCUT2D eigenvalue weighted by Crippen LogP contribution is 2.30. The van der Waals surface area contributed by atoms with E-state index < -0.39 is 12.1 Å². The number of nitrogens with zero attached hydrogens (tertiary/aromatic N) is 1. The van der Waals surface area contributed by atoms with Gasteiger partial charge in [-0.05, 0) is 41.3 Å². The standard InChI is InChI=1S/C26H23NO4/c1-17(26(29)27-13-12-18-6-2-3-8-20(18)15-27)31-24(28)14-21-16-30-23-11-10-19-7-4-5-9-22(19)25(21)23/h2-11,16-17H,12-15H2,1H3/t17-/m0/s1. The van der Waals surface area contributed by atoms with Crippen molar-refractivity contribution in [1.29, 1.82) is 0 Å². The van der Waals surface area contributed by atoms with E-state index in [1.165, 1.54) is 5.56 Å². The Morgan fingerprint density at radius 3 is 2.68 bits per heavy atom. The number of furan rings is 1. The number of hydrogen-bond donors (Lipinski definition) is 0. The average Bonchev–Trinajstić information content (AvgIpc) is 3.21. The molecule has 4 aromatic rings. The van der Waals surface area contributed by atoms with Crippen LogP contribution in [0.5, 0.6) is 0 Å². The van der Waals surface area contributed by atoms with Gasteiger partial charge in [0, 0.05) is 24.0 Å². The average molecular weight is 413 g/mol. The summed E-state index contributed by atoms with van der Waals surface area (Å²) in [5.41, 5.74) is 3.92. The second-order valence-corrected chi connectivity index (χ2v) is 8.01. The van der Waals surface area contributed by atoms with E-state index in [-0.39, 0.29) is 12.3 Å². The van der Waals surface area contributed by atoms with Gasteiger partial charge < -0.3 is 14.1 Å². The van der Waals surface area contributed by atoms with Crippen LogP contribution in [-0.4, -0.2) is 29.4 Å². The van der Waals surface area contributed by atoms with E-state index >= 15 is 0 Å². The third kappa shape index (κ3) is 3.67. The summed E-state index contributed by atoms with van der Waals surface area (Å²) in [6.07, 6.45) is 1.65. The van der Waals surface area contributed by atoms with Crippen molar-refractivity contribution in [2.24, 2.45) is 0 Å². The Hall–Kier alpha value is -3.60. The maximum Gasteiger partial charge on any atom is 0.311 e. The second-order valence-electron chi connectivity index (χ2n) is 8.01. The fourth-order valence-corrected chi connectivity index (χ4v) is 4.39. The Morgan fingerprint density at radius 1 is 1.03 bits per heavy atom. The van der Waals surface area contributed by atoms with Gasteiger partial charge in [-0.2, -0.15) is 0 Å². The largest absolute Gasteiger partial charge is 0.464 e. The molecule has 0 saturated carbocycles. The Balaban J connectivity index is 1.29. The van der Waals surface area contributed by atoms with Crippen LogP contribution in [0.25, 0.3) is 21.7 Å². The second kappa shape index (κ2) is 7.91. The highest BCUT2D eigenvalue weighted by Gasteiger charge is 2.27. The van der Waals surface area contributed by atoms with Crippen LogP contribution in [0.15, 0.2) is 71.3 Å². The molecule has 5 heteroatoms. The van der Waals surface area contributed by atoms with E-state index in [0.29, 0.717) is 13.1 Å². The van der Waals surface area contributed by atoms with Crippen molar-refractivity contribution in [3.63, 3.8) is 0 Å². The Bertz CT molecular complexity index is 1290. The summed E-state index contributed by atoms with van der Waals surface area (Å²) >= 11 is 0. The molecule has 1 atom stereocenters. The highest BCUT2D eigenvalue weighted by molar-refractivity contribution is 6.08. The first-order valence-electron chi connectivity index (χ1n) is 10.5. The lowest BCUT2D eigenvalue weighted by Crippen LogP contribution is -2.42. The molecular formula is C26H23NO4. The van der Waals surface area contributed by atoms with Gasteiger partial charge in [0.2, 0.25) is 0 Å². The number of carbonyl (C=O) groups excluding carboxylic acids is 2. The molecule has 156 valence electrons. The molecule has 0 spiro atoms. The molecule has 31 heavy (non-hydrogen) atoms. The molecule has 3 aromatic carbocycles. The minimum Gasteiger partial charge on any atom is -0.464 e. The van der Waals surface area contributed by atoms with Crippen LogP contribution in [0.1, 0.15) is 23.6 Å². The van der Waals surface area contributed by atoms with Gasteiger partial charge in [-0.3, -0.25) is 9.59 Å². The SMILES string of the molecule is C[C@H](OC(=O)Cc1coc2ccc3ccccc3c12)C(=O)N1CCc2ccccc2C1. The highest BCUT2D eigenvalue weighted by atomic mass is 16.5. The van der Waals surface area contributed by atoms with Crippen LogP contribution >= 0.6 is 0 Å². The molecule has 1 aromatic heterocycles. The summed E-state index contributed by atoms with van der Waals surface area (Å²) in [6.45, 7) is 2.83. The van der Waals surface area contributed by atoms with E-state index in [4.69, 9.17) is 9.15 Å². The van der Waals surface area contributed by atoms with Gasteiger partial charge in [-0.15, -0.1) is 0 Å². The lowest BCUT2D eigenvalue weighted by atomic mass is 9.99. The number of rotatable bonds is 4. The Morgan fingerprint density at radius 2 is 1.81 bits per heavy atom. The van der Waals surface area contributed by atoms with Gasteiger partial charge >= 0.3 is 5.97 Å². The zero-order chi connectivity index (χ0) is 21.4. The van der Waals surface area contributed by atoms with Crippen LogP contribution in [0, 0.1) is 0 Å². The first-order chi connectivity index (χ1) is 15.1. The topological polar surface area (TPSA) is 59.8 Å². The molecule has 1 aliphatic rings. The minimum absolute atomic E-state index is 0.0570. The number of amides is 1. The molecule has 0 saturated heterocycles. The number of carbonyl (C=O) groups is 2. The molecule has 0 unspecified atom stereocenters. The predicted molar refractivity (Wildman–Crippen MR) is 119 cm³/mol. The molecule has 1 aliphatic heterocycles. The molecule has 0 aliphatic carbocycles. The smallest absolute Gasteiger partial charge is 0.311 e. The minimum atomic E-state index is -0.826. The summed E-state index contributed by atoms with van der Waals surface area (Å²) in [7, 11) is 0. The fourth-order valence-electron chi connectivity index (χ4n) is 4.39. The van der Waals surface area contributed by atoms with Gasteiger partial charge in [0.15, 0.2) is 6.10 Å². The zero-order valence-corrected chi connectivity index (χ0v) is 17.3. The van der Waals surface area contributed by atoms with E-state index in [1.54, 1.807) is 18.1 Å². The summed E-state index contributed by atoms with van der Waals surface area (Å²) in [5.74, 6) is -0.598. The van der Waals surface area contributed by atoms with Crippen LogP contribution in [0.3, 0.4) is 0 Å². The predicted octanol–water partition coefficient (Wildman–Crippen LogP) is 4.65. The van der Waals surface area contributed by atoms with E-state index in [9.17, 15) is 9.59 Å². The van der Waals surface area contributed by atoms with Crippen molar-refractivity contribution < 1.29 is 18.7 Å². The van der Waals surface area contributed by atoms with E-state index in [0.717, 1.165) is 39.3 Å². The first-order valence-corrected chi connectivity index (χ1v) is 10.5. The third-order valence-electron chi connectivity index (χ3n) is 5.97. The normalized spacial score (nSPS) is 14.4. The van der Waals surface area contributed by atoms with Crippen molar-refractivity contribution in [3.8, 4) is 0 Å². The lowest BCUT2D eigenvalue weighted by Gasteiger charge is -2.30. The first kappa shape index (κ1) is 19.4. The quantitative estimate of drug-likeness (QED) is 0.457. The lowest BCUT2D eigenvalue weighted by molar-refractivity contribution is -0.159. The molecule has 0 fully saturated rings. The number of hydrogen-bond acceptors (Lipinski definition) is 4. The van der Waals surface area contributed by atoms with Crippen molar-refractivity contribution in [3.05, 3.63) is 83.6 Å². The Labute approximate surface area is 180 Å². The van der Waals surface area contributed by atoms with Crippen LogP contribution < -0.4 is 0 Å². The third-order valence-corrected chi connectivity index (χ3v) is 5.97. The Kier molecular flexibility index (Phi) is 4.94. The molecule has 1 amide bonds. The summed E-state index contributed by atoms with van der Waals surface area (Å²) in [6, 6.07) is 20.0. The molecule has 0 N–H and O–H groups in total. The molecule has 5 nitrogen and oxygen atoms in total. The number of fused-ring (bicyclic) bond motifs is 4. The summed E-state index contributed by atoms with van der Waals surface area (Å²) in [4.78, 5) is 27.3. The maximum absolute atomic E-state index is 12.9. The van der Waals surface area contributed by atoms with E-state index in [1.807, 2.05) is 54.6 Å². The number of benzene rings is 3. The van der Waals surface area contributed by atoms with Crippen LogP contribution in [0.2, 0.25) is 0 Å². The molecule has 5 rings (SSSR count). The van der Waals surface area contributed by atoms with Gasteiger partial charge in [0.05, 0.1) is 12.7 Å². The summed E-state index contributed by atoms with van der Waals surface area (Å²) < 4.78 is 11.2. The van der Waals surface area contributed by atoms with Gasteiger partial charge in [0.1, 0.15) is 5.58 Å². The summed E-state index contributed by atoms with van der Waals surface area (Å²) in [5, 5.41) is 3.04. The van der Waals surface area contributed by atoms with Crippen molar-refractivity contribution in [2.45, 2.75) is 32.4 Å². The van der Waals surface area contributed by atoms with Crippen LogP contribution in [-0.2, 0) is 33.7 Å². The monoisotopic (exact) mass is 413 g/mol. The zero-order valence-electron chi connectivity index (χ0n) is 17.3. The molecule has 2 heterocycles. The molecule has 0 radical (unpaired) electrons. The van der Waals surface area contributed by atoms with Crippen LogP contribution in [0.4, 0.5) is 0 Å². The fraction of sp³-hybridized carbons (Fsp3) is 0.231. The van der Waals surface area contributed by atoms with Gasteiger partial charge in [0.25, 0.3) is 5.91 Å².